The summed E-state index contributed by atoms with van der Waals surface area (Å²) in [6.07, 6.45) is 2.06. The van der Waals surface area contributed by atoms with Crippen molar-refractivity contribution in [1.29, 1.82) is 0 Å². The molecule has 1 amide bonds. The van der Waals surface area contributed by atoms with Gasteiger partial charge in [0.2, 0.25) is 11.9 Å². The van der Waals surface area contributed by atoms with E-state index >= 15 is 0 Å². The van der Waals surface area contributed by atoms with Gasteiger partial charge in [-0.2, -0.15) is 4.98 Å². The van der Waals surface area contributed by atoms with Gasteiger partial charge in [-0.3, -0.25) is 14.8 Å². The van der Waals surface area contributed by atoms with E-state index in [1.54, 1.807) is 4.68 Å². The van der Waals surface area contributed by atoms with Gasteiger partial charge in [-0.15, -0.1) is 10.2 Å². The Morgan fingerprint density at radius 3 is 2.97 bits per heavy atom. The van der Waals surface area contributed by atoms with Gasteiger partial charge >= 0.3 is 0 Å². The van der Waals surface area contributed by atoms with E-state index in [0.29, 0.717) is 31.8 Å². The third kappa shape index (κ3) is 4.93. The number of fused-ring (bicyclic) bond motifs is 1. The minimum atomic E-state index is -0.0674. The second kappa shape index (κ2) is 8.78. The normalized spacial score (nSPS) is 13.9. The minimum Gasteiger partial charge on any atom is -0.367 e. The van der Waals surface area contributed by atoms with E-state index in [1.807, 2.05) is 0 Å². The van der Waals surface area contributed by atoms with Gasteiger partial charge in [0.05, 0.1) is 13.1 Å². The van der Waals surface area contributed by atoms with Gasteiger partial charge in [0, 0.05) is 26.1 Å². The predicted octanol–water partition coefficient (Wildman–Crippen LogP) is 0.0283. The summed E-state index contributed by atoms with van der Waals surface area (Å²) in [5.74, 6) is 1.45. The number of nitrogens with one attached hydrogen (secondary N) is 2. The number of nitrogens with zero attached hydrogens (tertiary/aromatic N) is 7. The van der Waals surface area contributed by atoms with Gasteiger partial charge in [-0.1, -0.05) is 24.3 Å². The first kappa shape index (κ1) is 19.0. The average Bonchev–Trinajstić information content (AvgIpc) is 3.35. The molecule has 152 valence electrons. The number of nitrogen functional groups attached to an aromatic ring is 1. The lowest BCUT2D eigenvalue weighted by atomic mass is 10.00. The Morgan fingerprint density at radius 2 is 2.14 bits per heavy atom. The standard InChI is InChI=1S/C18H24N10O/c19-18-21-15(22-24-18)10-20-17(29)6-3-8-28-16(23-25-26-28)12-27-9-7-13-4-1-2-5-14(13)11-27/h1-2,4-5H,3,6-12H2,(H,20,29)(H3,19,21,22,24). The molecule has 29 heavy (non-hydrogen) atoms. The number of rotatable bonds is 8. The number of H-pyrrole nitrogens is 1. The molecule has 0 bridgehead atoms. The molecule has 3 heterocycles. The first-order valence-corrected chi connectivity index (χ1v) is 9.65. The predicted molar refractivity (Wildman–Crippen MR) is 104 cm³/mol. The molecular formula is C18H24N10O. The largest absolute Gasteiger partial charge is 0.367 e. The van der Waals surface area contributed by atoms with E-state index in [-0.39, 0.29) is 18.4 Å². The van der Waals surface area contributed by atoms with E-state index in [9.17, 15) is 4.79 Å². The number of nitrogens with two attached hydrogens (primary N) is 1. The van der Waals surface area contributed by atoms with Crippen LogP contribution >= 0.6 is 0 Å². The number of hydrogen-bond donors (Lipinski definition) is 3. The van der Waals surface area contributed by atoms with Crippen molar-refractivity contribution >= 4 is 11.9 Å². The van der Waals surface area contributed by atoms with Crippen molar-refractivity contribution in [1.82, 2.24) is 45.6 Å². The second-order valence-electron chi connectivity index (χ2n) is 7.07. The summed E-state index contributed by atoms with van der Waals surface area (Å²) in [6.45, 7) is 3.45. The van der Waals surface area contributed by atoms with Crippen LogP contribution in [0.25, 0.3) is 0 Å². The summed E-state index contributed by atoms with van der Waals surface area (Å²) in [5, 5.41) is 21.2. The molecule has 11 nitrogen and oxygen atoms in total. The Balaban J connectivity index is 1.23. The Kier molecular flexibility index (Phi) is 5.75. The van der Waals surface area contributed by atoms with Gasteiger partial charge in [-0.05, 0) is 34.4 Å². The zero-order valence-electron chi connectivity index (χ0n) is 16.1. The number of tetrazole rings is 1. The maximum Gasteiger partial charge on any atom is 0.239 e. The molecule has 1 aliphatic heterocycles. The van der Waals surface area contributed by atoms with E-state index < -0.39 is 0 Å². The van der Waals surface area contributed by atoms with Crippen molar-refractivity contribution in [2.45, 2.75) is 45.4 Å². The number of aromatic amines is 1. The number of aromatic nitrogens is 7. The zero-order chi connectivity index (χ0) is 20.1. The van der Waals surface area contributed by atoms with E-state index in [4.69, 9.17) is 5.73 Å². The van der Waals surface area contributed by atoms with Gasteiger partial charge in [0.1, 0.15) is 5.82 Å². The molecular weight excluding hydrogens is 372 g/mol. The van der Waals surface area contributed by atoms with Gasteiger partial charge in [0.15, 0.2) is 5.82 Å². The molecule has 1 aliphatic rings. The molecule has 0 fully saturated rings. The molecule has 4 rings (SSSR count). The van der Waals surface area contributed by atoms with Crippen molar-refractivity contribution in [3.8, 4) is 0 Å². The monoisotopic (exact) mass is 396 g/mol. The SMILES string of the molecule is Nc1n[nH]c(CNC(=O)CCCn2nnnc2CN2CCc3ccccc3C2)n1. The van der Waals surface area contributed by atoms with Crippen LogP contribution in [0.5, 0.6) is 0 Å². The van der Waals surface area contributed by atoms with Crippen LogP contribution in [0.15, 0.2) is 24.3 Å². The van der Waals surface area contributed by atoms with Crippen LogP contribution in [-0.2, 0) is 37.4 Å². The fraction of sp³-hybridized carbons (Fsp3) is 0.444. The van der Waals surface area contributed by atoms with Crippen molar-refractivity contribution in [2.24, 2.45) is 0 Å². The van der Waals surface area contributed by atoms with E-state index in [1.165, 1.54) is 11.1 Å². The number of aryl methyl sites for hydroxylation is 1. The molecule has 1 aromatic carbocycles. The molecule has 0 atom stereocenters. The van der Waals surface area contributed by atoms with Crippen LogP contribution < -0.4 is 11.1 Å². The van der Waals surface area contributed by atoms with Crippen molar-refractivity contribution in [3.63, 3.8) is 0 Å². The van der Waals surface area contributed by atoms with E-state index in [2.05, 4.69) is 65.2 Å². The lowest BCUT2D eigenvalue weighted by Gasteiger charge is -2.28. The Morgan fingerprint density at radius 1 is 1.28 bits per heavy atom. The number of carbonyl (C=O) groups is 1. The van der Waals surface area contributed by atoms with Crippen LogP contribution in [0.3, 0.4) is 0 Å². The van der Waals surface area contributed by atoms with Gasteiger partial charge in [-0.25, -0.2) is 4.68 Å². The molecule has 2 aromatic heterocycles. The van der Waals surface area contributed by atoms with Gasteiger partial charge in [0.25, 0.3) is 0 Å². The number of hydrogen-bond acceptors (Lipinski definition) is 8. The van der Waals surface area contributed by atoms with Crippen LogP contribution in [0, 0.1) is 0 Å². The molecule has 11 heteroatoms. The Labute approximate surface area is 167 Å². The molecule has 0 spiro atoms. The molecule has 0 saturated heterocycles. The summed E-state index contributed by atoms with van der Waals surface area (Å²) < 4.78 is 1.78. The summed E-state index contributed by atoms with van der Waals surface area (Å²) in [6, 6.07) is 8.54. The Bertz CT molecular complexity index is 965. The fourth-order valence-corrected chi connectivity index (χ4v) is 3.45. The number of amides is 1. The topological polar surface area (TPSA) is 144 Å². The molecule has 0 radical (unpaired) electrons. The van der Waals surface area contributed by atoms with Crippen molar-refractivity contribution in [2.75, 3.05) is 12.3 Å². The van der Waals surface area contributed by atoms with Crippen molar-refractivity contribution in [3.05, 3.63) is 47.0 Å². The van der Waals surface area contributed by atoms with Crippen LogP contribution in [0.2, 0.25) is 0 Å². The number of benzene rings is 1. The smallest absolute Gasteiger partial charge is 0.239 e. The highest BCUT2D eigenvalue weighted by Crippen LogP contribution is 2.19. The fourth-order valence-electron chi connectivity index (χ4n) is 3.45. The third-order valence-electron chi connectivity index (χ3n) is 4.96. The van der Waals surface area contributed by atoms with Crippen LogP contribution in [0.1, 0.15) is 35.6 Å². The van der Waals surface area contributed by atoms with E-state index in [0.717, 1.165) is 25.3 Å². The summed E-state index contributed by atoms with van der Waals surface area (Å²) >= 11 is 0. The molecule has 0 saturated carbocycles. The zero-order valence-corrected chi connectivity index (χ0v) is 16.1. The maximum absolute atomic E-state index is 12.0. The summed E-state index contributed by atoms with van der Waals surface area (Å²) in [5.41, 5.74) is 8.22. The summed E-state index contributed by atoms with van der Waals surface area (Å²) in [7, 11) is 0. The quantitative estimate of drug-likeness (QED) is 0.484. The molecule has 3 aromatic rings. The molecule has 0 unspecified atom stereocenters. The van der Waals surface area contributed by atoms with Crippen molar-refractivity contribution < 1.29 is 4.79 Å². The van der Waals surface area contributed by atoms with Crippen LogP contribution in [0.4, 0.5) is 5.95 Å². The average molecular weight is 396 g/mol. The number of carbonyl (C=O) groups excluding carboxylic acids is 1. The second-order valence-corrected chi connectivity index (χ2v) is 7.07. The highest BCUT2D eigenvalue weighted by Gasteiger charge is 2.18. The third-order valence-corrected chi connectivity index (χ3v) is 4.96. The molecule has 0 aliphatic carbocycles. The Hall–Kier alpha value is -3.34. The lowest BCUT2D eigenvalue weighted by Crippen LogP contribution is -2.31. The first-order valence-electron chi connectivity index (χ1n) is 9.65. The minimum absolute atomic E-state index is 0.0674. The summed E-state index contributed by atoms with van der Waals surface area (Å²) in [4.78, 5) is 18.3. The lowest BCUT2D eigenvalue weighted by molar-refractivity contribution is -0.121. The first-order chi connectivity index (χ1) is 14.2. The highest BCUT2D eigenvalue weighted by molar-refractivity contribution is 5.75. The number of anilines is 1. The maximum atomic E-state index is 12.0. The highest BCUT2D eigenvalue weighted by atomic mass is 16.1. The molecule has 4 N–H and O–H groups in total. The van der Waals surface area contributed by atoms with Crippen LogP contribution in [-0.4, -0.2) is 52.7 Å². The van der Waals surface area contributed by atoms with Gasteiger partial charge < -0.3 is 11.1 Å².